The number of fused-ring (bicyclic) bond motifs is 1. The van der Waals surface area contributed by atoms with E-state index < -0.39 is 5.97 Å². The summed E-state index contributed by atoms with van der Waals surface area (Å²) in [5.41, 5.74) is 2.08. The molecule has 4 aromatic rings. The van der Waals surface area contributed by atoms with Crippen molar-refractivity contribution >= 4 is 40.5 Å². The third-order valence-electron chi connectivity index (χ3n) is 4.05. The number of ether oxygens (including phenoxy) is 1. The van der Waals surface area contributed by atoms with Crippen molar-refractivity contribution in [3.63, 3.8) is 0 Å². The summed E-state index contributed by atoms with van der Waals surface area (Å²) < 4.78 is 6.52. The number of esters is 1. The quantitative estimate of drug-likeness (QED) is 0.502. The summed E-state index contributed by atoms with van der Waals surface area (Å²) in [6.07, 6.45) is 5.44. The zero-order chi connectivity index (χ0) is 19.5. The van der Waals surface area contributed by atoms with E-state index in [-0.39, 0.29) is 5.56 Å². The van der Waals surface area contributed by atoms with Crippen LogP contribution in [-0.2, 0) is 4.74 Å². The van der Waals surface area contributed by atoms with Gasteiger partial charge < -0.3 is 4.74 Å². The first-order valence-electron chi connectivity index (χ1n) is 8.47. The van der Waals surface area contributed by atoms with Crippen molar-refractivity contribution in [1.82, 2.24) is 14.6 Å². The van der Waals surface area contributed by atoms with Crippen LogP contribution in [0.3, 0.4) is 0 Å². The molecule has 2 heterocycles. The van der Waals surface area contributed by atoms with Crippen LogP contribution in [0.25, 0.3) is 23.2 Å². The van der Waals surface area contributed by atoms with Crippen molar-refractivity contribution in [2.75, 3.05) is 7.11 Å². The summed E-state index contributed by atoms with van der Waals surface area (Å²) in [5, 5.41) is 4.27. The van der Waals surface area contributed by atoms with E-state index in [1.165, 1.54) is 23.0 Å². The van der Waals surface area contributed by atoms with E-state index >= 15 is 0 Å². The molecule has 4 rings (SSSR count). The molecule has 2 aromatic heterocycles. The second-order valence-corrected chi connectivity index (χ2v) is 6.95. The lowest BCUT2D eigenvalue weighted by atomic mass is 10.1. The molecule has 0 aliphatic carbocycles. The maximum Gasteiger partial charge on any atom is 0.337 e. The number of rotatable bonds is 4. The predicted octanol–water partition coefficient (Wildman–Crippen LogP) is 2.66. The number of aromatic nitrogens is 3. The molecule has 0 spiro atoms. The van der Waals surface area contributed by atoms with Gasteiger partial charge in [0.1, 0.15) is 0 Å². The molecule has 0 unspecified atom stereocenters. The molecule has 0 aliphatic rings. The standard InChI is InChI=1S/C21H15N3O3S/c1-27-20(26)16-10-7-15(8-11-16)13-17-19(25)24-21(28-17)22-18(23-24)12-9-14-5-3-2-4-6-14/h2-13H,1H3/b12-9+,17-13-. The van der Waals surface area contributed by atoms with Crippen molar-refractivity contribution in [2.45, 2.75) is 0 Å². The van der Waals surface area contributed by atoms with E-state index in [4.69, 9.17) is 0 Å². The molecule has 0 aliphatic heterocycles. The van der Waals surface area contributed by atoms with Gasteiger partial charge in [0.25, 0.3) is 5.56 Å². The minimum absolute atomic E-state index is 0.219. The molecule has 0 amide bonds. The smallest absolute Gasteiger partial charge is 0.337 e. The van der Waals surface area contributed by atoms with Crippen LogP contribution in [-0.4, -0.2) is 27.7 Å². The summed E-state index contributed by atoms with van der Waals surface area (Å²) in [6, 6.07) is 16.6. The fraction of sp³-hybridized carbons (Fsp3) is 0.0476. The monoisotopic (exact) mass is 389 g/mol. The minimum atomic E-state index is -0.397. The van der Waals surface area contributed by atoms with Crippen LogP contribution < -0.4 is 10.1 Å². The van der Waals surface area contributed by atoms with Gasteiger partial charge in [-0.2, -0.15) is 9.50 Å². The van der Waals surface area contributed by atoms with Gasteiger partial charge in [0.2, 0.25) is 4.96 Å². The van der Waals surface area contributed by atoms with Crippen molar-refractivity contribution in [3.05, 3.63) is 92.0 Å². The molecule has 0 saturated heterocycles. The Bertz CT molecular complexity index is 1270. The summed E-state index contributed by atoms with van der Waals surface area (Å²) in [4.78, 5) is 29.0. The summed E-state index contributed by atoms with van der Waals surface area (Å²) in [5.74, 6) is 0.0899. The minimum Gasteiger partial charge on any atom is -0.465 e. The number of thiazole rings is 1. The molecule has 6 nitrogen and oxygen atoms in total. The first-order valence-corrected chi connectivity index (χ1v) is 9.28. The normalized spacial score (nSPS) is 12.1. The summed E-state index contributed by atoms with van der Waals surface area (Å²) >= 11 is 1.27. The molecule has 7 heteroatoms. The van der Waals surface area contributed by atoms with Gasteiger partial charge in [-0.05, 0) is 35.4 Å². The van der Waals surface area contributed by atoms with Gasteiger partial charge in [0, 0.05) is 0 Å². The van der Waals surface area contributed by atoms with Crippen molar-refractivity contribution in [2.24, 2.45) is 0 Å². The van der Waals surface area contributed by atoms with E-state index in [0.717, 1.165) is 11.1 Å². The third kappa shape index (κ3) is 3.60. The number of carbonyl (C=O) groups is 1. The summed E-state index contributed by atoms with van der Waals surface area (Å²) in [6.45, 7) is 0. The Morgan fingerprint density at radius 3 is 2.46 bits per heavy atom. The maximum absolute atomic E-state index is 12.6. The molecule has 0 atom stereocenters. The Labute approximate surface area is 164 Å². The van der Waals surface area contributed by atoms with E-state index in [0.29, 0.717) is 20.9 Å². The Hall–Kier alpha value is -3.58. The van der Waals surface area contributed by atoms with Crippen molar-refractivity contribution < 1.29 is 9.53 Å². The van der Waals surface area contributed by atoms with Gasteiger partial charge in [0.05, 0.1) is 17.2 Å². The topological polar surface area (TPSA) is 73.6 Å². The van der Waals surface area contributed by atoms with Gasteiger partial charge in [-0.3, -0.25) is 4.79 Å². The molecule has 0 radical (unpaired) electrons. The zero-order valence-corrected chi connectivity index (χ0v) is 15.7. The van der Waals surface area contributed by atoms with E-state index in [1.807, 2.05) is 36.4 Å². The average Bonchev–Trinajstić information content (AvgIpc) is 3.26. The third-order valence-corrected chi connectivity index (χ3v) is 5.01. The zero-order valence-electron chi connectivity index (χ0n) is 14.9. The Morgan fingerprint density at radius 1 is 1.04 bits per heavy atom. The Balaban J connectivity index is 1.63. The molecule has 2 aromatic carbocycles. The van der Waals surface area contributed by atoms with Crippen LogP contribution in [0.1, 0.15) is 27.3 Å². The lowest BCUT2D eigenvalue weighted by Gasteiger charge is -1.98. The van der Waals surface area contributed by atoms with E-state index in [1.54, 1.807) is 36.4 Å². The number of nitrogens with zero attached hydrogens (tertiary/aromatic N) is 3. The fourth-order valence-corrected chi connectivity index (χ4v) is 3.55. The largest absolute Gasteiger partial charge is 0.465 e. The van der Waals surface area contributed by atoms with Crippen molar-refractivity contribution in [1.29, 1.82) is 0 Å². The SMILES string of the molecule is COC(=O)c1ccc(/C=c2\sc3nc(/C=C/c4ccccc4)nn3c2=O)cc1. The first kappa shape index (κ1) is 17.8. The van der Waals surface area contributed by atoms with E-state index in [9.17, 15) is 9.59 Å². The number of methoxy groups -OCH3 is 1. The average molecular weight is 389 g/mol. The van der Waals surface area contributed by atoms with Gasteiger partial charge in [-0.15, -0.1) is 5.10 Å². The number of hydrogen-bond donors (Lipinski definition) is 0. The Kier molecular flexibility index (Phi) is 4.82. The fourth-order valence-electron chi connectivity index (χ4n) is 2.64. The van der Waals surface area contributed by atoms with Crippen molar-refractivity contribution in [3.8, 4) is 0 Å². The molecule has 28 heavy (non-hydrogen) atoms. The highest BCUT2D eigenvalue weighted by atomic mass is 32.1. The highest BCUT2D eigenvalue weighted by molar-refractivity contribution is 7.15. The van der Waals surface area contributed by atoms with Gasteiger partial charge >= 0.3 is 5.97 Å². The molecular weight excluding hydrogens is 374 g/mol. The van der Waals surface area contributed by atoms with E-state index in [2.05, 4.69) is 14.8 Å². The number of hydrogen-bond acceptors (Lipinski definition) is 6. The second kappa shape index (κ2) is 7.58. The van der Waals surface area contributed by atoms with Crippen LogP contribution in [0.5, 0.6) is 0 Å². The van der Waals surface area contributed by atoms with Gasteiger partial charge in [-0.25, -0.2) is 4.79 Å². The van der Waals surface area contributed by atoms with Gasteiger partial charge in [-0.1, -0.05) is 59.9 Å². The molecule has 0 N–H and O–H groups in total. The lowest BCUT2D eigenvalue weighted by molar-refractivity contribution is 0.0600. The number of carbonyl (C=O) groups excluding carboxylic acids is 1. The summed E-state index contributed by atoms with van der Waals surface area (Å²) in [7, 11) is 1.34. The molecule has 0 saturated carbocycles. The molecule has 0 bridgehead atoms. The molecular formula is C21H15N3O3S. The van der Waals surface area contributed by atoms with Gasteiger partial charge in [0.15, 0.2) is 5.82 Å². The number of benzene rings is 2. The Morgan fingerprint density at radius 2 is 1.79 bits per heavy atom. The van der Waals surface area contributed by atoms with Crippen LogP contribution in [0.2, 0.25) is 0 Å². The predicted molar refractivity (Wildman–Crippen MR) is 109 cm³/mol. The highest BCUT2D eigenvalue weighted by Crippen LogP contribution is 2.09. The highest BCUT2D eigenvalue weighted by Gasteiger charge is 2.09. The lowest BCUT2D eigenvalue weighted by Crippen LogP contribution is -2.23. The van der Waals surface area contributed by atoms with Crippen LogP contribution in [0.15, 0.2) is 59.4 Å². The van der Waals surface area contributed by atoms with Crippen LogP contribution in [0, 0.1) is 0 Å². The first-order chi connectivity index (χ1) is 13.6. The molecule has 0 fully saturated rings. The molecule has 138 valence electrons. The van der Waals surface area contributed by atoms with Crippen LogP contribution >= 0.6 is 11.3 Å². The second-order valence-electron chi connectivity index (χ2n) is 5.94. The maximum atomic E-state index is 12.6. The van der Waals surface area contributed by atoms with Crippen LogP contribution in [0.4, 0.5) is 0 Å².